The van der Waals surface area contributed by atoms with Crippen LogP contribution in [0.15, 0.2) is 78.0 Å². The number of ether oxygens (including phenoxy) is 2. The first-order valence-corrected chi connectivity index (χ1v) is 8.67. The molecule has 0 N–H and O–H groups in total. The molecule has 4 rings (SSSR count). The molecule has 3 aromatic carbocycles. The normalized spacial score (nSPS) is 15.8. The highest BCUT2D eigenvalue weighted by molar-refractivity contribution is 5.79. The van der Waals surface area contributed by atoms with Gasteiger partial charge in [0.25, 0.3) is 0 Å². The van der Waals surface area contributed by atoms with Gasteiger partial charge in [0.2, 0.25) is 5.90 Å². The minimum atomic E-state index is -0.308. The van der Waals surface area contributed by atoms with Gasteiger partial charge in [-0.3, -0.25) is 0 Å². The van der Waals surface area contributed by atoms with Gasteiger partial charge in [-0.05, 0) is 48.4 Å². The van der Waals surface area contributed by atoms with E-state index in [2.05, 4.69) is 5.16 Å². The maximum atomic E-state index is 13.6. The zero-order chi connectivity index (χ0) is 18.6. The van der Waals surface area contributed by atoms with Crippen LogP contribution in [-0.4, -0.2) is 5.90 Å². The summed E-state index contributed by atoms with van der Waals surface area (Å²) < 4.78 is 25.0. The van der Waals surface area contributed by atoms with Crippen molar-refractivity contribution >= 4 is 5.90 Å². The van der Waals surface area contributed by atoms with Crippen molar-refractivity contribution in [3.63, 3.8) is 0 Å². The second-order valence-corrected chi connectivity index (χ2v) is 6.28. The van der Waals surface area contributed by atoms with Gasteiger partial charge in [0, 0.05) is 6.07 Å². The molecule has 1 aliphatic heterocycles. The first-order chi connectivity index (χ1) is 13.2. The highest BCUT2D eigenvalue weighted by Gasteiger charge is 2.24. The minimum Gasteiger partial charge on any atom is -0.457 e. The zero-order valence-corrected chi connectivity index (χ0v) is 14.8. The molecule has 1 atom stereocenters. The second kappa shape index (κ2) is 7.50. The summed E-state index contributed by atoms with van der Waals surface area (Å²) in [6.45, 7) is 1.70. The number of rotatable bonds is 4. The number of nitrogens with zero attached hydrogens (tertiary/aromatic N) is 1. The fraction of sp³-hybridized carbons (Fsp3) is 0.136. The third kappa shape index (κ3) is 4.08. The van der Waals surface area contributed by atoms with Crippen molar-refractivity contribution in [2.45, 2.75) is 19.4 Å². The predicted molar refractivity (Wildman–Crippen MR) is 101 cm³/mol. The van der Waals surface area contributed by atoms with Crippen LogP contribution in [0.25, 0.3) is 0 Å². The van der Waals surface area contributed by atoms with E-state index in [1.54, 1.807) is 19.1 Å². The number of hydrogen-bond donors (Lipinski definition) is 0. The lowest BCUT2D eigenvalue weighted by Gasteiger charge is -2.10. The summed E-state index contributed by atoms with van der Waals surface area (Å²) in [5.41, 5.74) is 1.54. The molecule has 4 nitrogen and oxygen atoms in total. The van der Waals surface area contributed by atoms with E-state index in [0.717, 1.165) is 17.1 Å². The third-order valence-electron chi connectivity index (χ3n) is 4.25. The van der Waals surface area contributed by atoms with Gasteiger partial charge in [-0.2, -0.15) is 0 Å². The summed E-state index contributed by atoms with van der Waals surface area (Å²) in [7, 11) is 0. The molecule has 1 aliphatic rings. The smallest absolute Gasteiger partial charge is 0.235 e. The first-order valence-electron chi connectivity index (χ1n) is 8.67. The van der Waals surface area contributed by atoms with E-state index < -0.39 is 0 Å². The summed E-state index contributed by atoms with van der Waals surface area (Å²) in [6.07, 6.45) is 0.245. The summed E-state index contributed by atoms with van der Waals surface area (Å²) in [5.74, 6) is 2.06. The SMILES string of the molecule is Cc1ccc(OC2=NO[C@H](c3ccc(Oc4ccccc4)cc3)C2)cc1F. The molecule has 1 heterocycles. The van der Waals surface area contributed by atoms with Gasteiger partial charge in [0.1, 0.15) is 23.1 Å². The average molecular weight is 363 g/mol. The molecule has 0 bridgehead atoms. The summed E-state index contributed by atoms with van der Waals surface area (Å²) in [6, 6.07) is 22.0. The van der Waals surface area contributed by atoms with Gasteiger partial charge in [-0.1, -0.05) is 41.6 Å². The van der Waals surface area contributed by atoms with Crippen molar-refractivity contribution in [3.8, 4) is 17.2 Å². The van der Waals surface area contributed by atoms with E-state index >= 15 is 0 Å². The predicted octanol–water partition coefficient (Wildman–Crippen LogP) is 5.78. The summed E-state index contributed by atoms with van der Waals surface area (Å²) in [4.78, 5) is 5.46. The molecule has 0 unspecified atom stereocenters. The Labute approximate surface area is 156 Å². The fourth-order valence-corrected chi connectivity index (χ4v) is 2.74. The molecule has 0 aliphatic carbocycles. The van der Waals surface area contributed by atoms with Gasteiger partial charge >= 0.3 is 0 Å². The molecule has 3 aromatic rings. The highest BCUT2D eigenvalue weighted by Crippen LogP contribution is 2.30. The van der Waals surface area contributed by atoms with Crippen LogP contribution in [0.1, 0.15) is 23.7 Å². The van der Waals surface area contributed by atoms with Gasteiger partial charge in [0.05, 0.1) is 6.42 Å². The second-order valence-electron chi connectivity index (χ2n) is 6.28. The Morgan fingerprint density at radius 1 is 0.889 bits per heavy atom. The van der Waals surface area contributed by atoms with Crippen LogP contribution in [0.2, 0.25) is 0 Å². The van der Waals surface area contributed by atoms with Crippen LogP contribution >= 0.6 is 0 Å². The van der Waals surface area contributed by atoms with Crippen LogP contribution in [0.3, 0.4) is 0 Å². The van der Waals surface area contributed by atoms with E-state index in [1.165, 1.54) is 6.07 Å². The minimum absolute atomic E-state index is 0.235. The average Bonchev–Trinajstić information content (AvgIpc) is 3.15. The van der Waals surface area contributed by atoms with Crippen molar-refractivity contribution < 1.29 is 18.7 Å². The van der Waals surface area contributed by atoms with Gasteiger partial charge in [0.15, 0.2) is 6.10 Å². The Balaban J connectivity index is 1.37. The summed E-state index contributed by atoms with van der Waals surface area (Å²) in [5, 5.41) is 3.97. The fourth-order valence-electron chi connectivity index (χ4n) is 2.74. The van der Waals surface area contributed by atoms with Crippen LogP contribution in [0, 0.1) is 12.7 Å². The maximum absolute atomic E-state index is 13.6. The third-order valence-corrected chi connectivity index (χ3v) is 4.25. The molecular weight excluding hydrogens is 345 g/mol. The summed E-state index contributed by atoms with van der Waals surface area (Å²) >= 11 is 0. The Morgan fingerprint density at radius 3 is 2.33 bits per heavy atom. The number of oxime groups is 1. The van der Waals surface area contributed by atoms with Crippen molar-refractivity contribution in [2.24, 2.45) is 5.16 Å². The molecule has 27 heavy (non-hydrogen) atoms. The number of para-hydroxylation sites is 1. The van der Waals surface area contributed by atoms with Crippen molar-refractivity contribution in [1.82, 2.24) is 0 Å². The van der Waals surface area contributed by atoms with Gasteiger partial charge < -0.3 is 14.3 Å². The van der Waals surface area contributed by atoms with E-state index in [9.17, 15) is 4.39 Å². The van der Waals surface area contributed by atoms with Crippen molar-refractivity contribution in [1.29, 1.82) is 0 Å². The van der Waals surface area contributed by atoms with E-state index in [0.29, 0.717) is 23.6 Å². The van der Waals surface area contributed by atoms with Crippen LogP contribution in [0.5, 0.6) is 17.2 Å². The Kier molecular flexibility index (Phi) is 4.75. The van der Waals surface area contributed by atoms with Crippen LogP contribution in [0.4, 0.5) is 4.39 Å². The number of halogens is 1. The Bertz CT molecular complexity index is 955. The van der Waals surface area contributed by atoms with E-state index in [4.69, 9.17) is 14.3 Å². The quantitative estimate of drug-likeness (QED) is 0.590. The number of hydrogen-bond acceptors (Lipinski definition) is 4. The first kappa shape index (κ1) is 17.1. The molecular formula is C22H18FNO3. The van der Waals surface area contributed by atoms with Gasteiger partial charge in [-0.25, -0.2) is 4.39 Å². The molecule has 0 aromatic heterocycles. The molecule has 0 spiro atoms. The van der Waals surface area contributed by atoms with E-state index in [-0.39, 0.29) is 11.9 Å². The topological polar surface area (TPSA) is 40.0 Å². The van der Waals surface area contributed by atoms with E-state index in [1.807, 2.05) is 54.6 Å². The maximum Gasteiger partial charge on any atom is 0.235 e. The zero-order valence-electron chi connectivity index (χ0n) is 14.8. The van der Waals surface area contributed by atoms with Crippen molar-refractivity contribution in [2.75, 3.05) is 0 Å². The molecule has 0 radical (unpaired) electrons. The monoisotopic (exact) mass is 363 g/mol. The van der Waals surface area contributed by atoms with Crippen LogP contribution in [-0.2, 0) is 4.84 Å². The lowest BCUT2D eigenvalue weighted by molar-refractivity contribution is 0.0855. The molecule has 0 saturated carbocycles. The largest absolute Gasteiger partial charge is 0.457 e. The molecule has 0 amide bonds. The lowest BCUT2D eigenvalue weighted by Crippen LogP contribution is -2.07. The number of aryl methyl sites for hydroxylation is 1. The highest BCUT2D eigenvalue weighted by atomic mass is 19.1. The molecule has 5 heteroatoms. The standard InChI is InChI=1S/C22H18FNO3/c1-15-7-10-19(13-20(15)23)26-22-14-21(27-24-22)16-8-11-18(12-9-16)25-17-5-3-2-4-6-17/h2-13,21H,14H2,1H3/t21-/m0/s1. The Morgan fingerprint density at radius 2 is 1.59 bits per heavy atom. The molecule has 0 fully saturated rings. The van der Waals surface area contributed by atoms with Crippen molar-refractivity contribution in [3.05, 3.63) is 89.7 Å². The molecule has 0 saturated heterocycles. The van der Waals surface area contributed by atoms with Gasteiger partial charge in [-0.15, -0.1) is 0 Å². The lowest BCUT2D eigenvalue weighted by atomic mass is 10.1. The number of benzene rings is 3. The Hall–Kier alpha value is -3.34. The van der Waals surface area contributed by atoms with Crippen LogP contribution < -0.4 is 9.47 Å². The molecule has 136 valence electrons.